The first kappa shape index (κ1) is 14.3. The second-order valence-corrected chi connectivity index (χ2v) is 6.60. The number of para-hydroxylation sites is 1. The number of hydrogen-bond donors (Lipinski definition) is 2. The molecule has 1 aliphatic rings. The fourth-order valence-corrected chi connectivity index (χ4v) is 4.01. The predicted octanol–water partition coefficient (Wildman–Crippen LogP) is 1.32. The lowest BCUT2D eigenvalue weighted by Gasteiger charge is -2.36. The Hall–Kier alpha value is -1.11. The molecule has 2 rings (SSSR count). The summed E-state index contributed by atoms with van der Waals surface area (Å²) in [6, 6.07) is 5.97. The molecule has 0 heterocycles. The van der Waals surface area contributed by atoms with Crippen molar-refractivity contribution < 1.29 is 18.6 Å². The first-order valence-electron chi connectivity index (χ1n) is 6.48. The van der Waals surface area contributed by atoms with Crippen LogP contribution in [0.4, 0.5) is 0 Å². The molecule has 0 radical (unpaired) electrons. The Balaban J connectivity index is 2.31. The minimum absolute atomic E-state index is 0.00356. The van der Waals surface area contributed by atoms with Gasteiger partial charge in [0, 0.05) is 19.2 Å². The second kappa shape index (κ2) is 5.90. The smallest absolute Gasteiger partial charge is 0.247 e. The summed E-state index contributed by atoms with van der Waals surface area (Å²) in [5, 5.41) is 18.6. The van der Waals surface area contributed by atoms with Gasteiger partial charge in [-0.1, -0.05) is 18.6 Å². The summed E-state index contributed by atoms with van der Waals surface area (Å²) in [5.74, 6) is -0.226. The Bertz CT molecular complexity index is 525. The first-order valence-corrected chi connectivity index (χ1v) is 7.92. The van der Waals surface area contributed by atoms with Crippen molar-refractivity contribution in [1.29, 1.82) is 0 Å². The van der Waals surface area contributed by atoms with Crippen LogP contribution in [-0.4, -0.2) is 42.1 Å². The highest BCUT2D eigenvalue weighted by Crippen LogP contribution is 2.32. The van der Waals surface area contributed by atoms with Crippen LogP contribution in [0.2, 0.25) is 0 Å². The highest BCUT2D eigenvalue weighted by atomic mass is 32.2. The topological polar surface area (TPSA) is 77.8 Å². The van der Waals surface area contributed by atoms with Gasteiger partial charge in [0.25, 0.3) is 0 Å². The Morgan fingerprint density at radius 1 is 1.26 bits per heavy atom. The van der Waals surface area contributed by atoms with Crippen LogP contribution in [0.5, 0.6) is 5.75 Å². The van der Waals surface area contributed by atoms with E-state index in [2.05, 4.69) is 0 Å². The summed E-state index contributed by atoms with van der Waals surface area (Å²) in [7, 11) is -3.69. The zero-order chi connectivity index (χ0) is 13.9. The minimum Gasteiger partial charge on any atom is -0.507 e. The highest BCUT2D eigenvalue weighted by molar-refractivity contribution is 7.89. The Labute approximate surface area is 113 Å². The molecule has 5 nitrogen and oxygen atoms in total. The summed E-state index contributed by atoms with van der Waals surface area (Å²) >= 11 is 0. The van der Waals surface area contributed by atoms with Crippen molar-refractivity contribution in [2.75, 3.05) is 13.2 Å². The molecule has 0 amide bonds. The number of aliphatic hydroxyl groups excluding tert-OH is 1. The van der Waals surface area contributed by atoms with Gasteiger partial charge in [0.2, 0.25) is 10.0 Å². The van der Waals surface area contributed by atoms with Crippen molar-refractivity contribution in [3.8, 4) is 5.75 Å². The van der Waals surface area contributed by atoms with Crippen LogP contribution in [-0.2, 0) is 10.0 Å². The van der Waals surface area contributed by atoms with E-state index in [0.29, 0.717) is 6.42 Å². The van der Waals surface area contributed by atoms with Gasteiger partial charge in [-0.25, -0.2) is 8.42 Å². The van der Waals surface area contributed by atoms with Crippen LogP contribution in [0.1, 0.15) is 25.7 Å². The van der Waals surface area contributed by atoms with Crippen molar-refractivity contribution in [2.45, 2.75) is 36.6 Å². The SMILES string of the molecule is O=S(=O)(c1ccccc1O)N(CCCO)C1CCC1. The van der Waals surface area contributed by atoms with E-state index in [1.54, 1.807) is 12.1 Å². The lowest BCUT2D eigenvalue weighted by Crippen LogP contribution is -2.44. The number of nitrogens with zero attached hydrogens (tertiary/aromatic N) is 1. The van der Waals surface area contributed by atoms with Gasteiger partial charge in [0.15, 0.2) is 0 Å². The van der Waals surface area contributed by atoms with Crippen molar-refractivity contribution in [1.82, 2.24) is 4.31 Å². The molecule has 106 valence electrons. The summed E-state index contributed by atoms with van der Waals surface area (Å²) in [4.78, 5) is -0.0557. The van der Waals surface area contributed by atoms with E-state index in [-0.39, 0.29) is 29.8 Å². The summed E-state index contributed by atoms with van der Waals surface area (Å²) in [5.41, 5.74) is 0. The quantitative estimate of drug-likeness (QED) is 0.826. The number of aromatic hydroxyl groups is 1. The van der Waals surface area contributed by atoms with Gasteiger partial charge in [-0.2, -0.15) is 4.31 Å². The molecule has 1 saturated carbocycles. The van der Waals surface area contributed by atoms with Gasteiger partial charge in [0.05, 0.1) is 0 Å². The Morgan fingerprint density at radius 2 is 1.95 bits per heavy atom. The third-order valence-electron chi connectivity index (χ3n) is 3.47. The third kappa shape index (κ3) is 2.91. The molecule has 19 heavy (non-hydrogen) atoms. The third-order valence-corrected chi connectivity index (χ3v) is 5.47. The number of phenolic OH excluding ortho intramolecular Hbond substituents is 1. The molecule has 0 saturated heterocycles. The normalized spacial score (nSPS) is 16.5. The van der Waals surface area contributed by atoms with Crippen LogP contribution < -0.4 is 0 Å². The number of phenols is 1. The molecule has 1 fully saturated rings. The maximum Gasteiger partial charge on any atom is 0.247 e. The van der Waals surface area contributed by atoms with Crippen LogP contribution in [0.25, 0.3) is 0 Å². The van der Waals surface area contributed by atoms with E-state index in [9.17, 15) is 13.5 Å². The number of hydrogen-bond acceptors (Lipinski definition) is 4. The van der Waals surface area contributed by atoms with Gasteiger partial charge in [0.1, 0.15) is 10.6 Å². The fourth-order valence-electron chi connectivity index (χ4n) is 2.20. The molecule has 0 aromatic heterocycles. The van der Waals surface area contributed by atoms with Gasteiger partial charge in [-0.15, -0.1) is 0 Å². The van der Waals surface area contributed by atoms with Crippen molar-refractivity contribution >= 4 is 10.0 Å². The zero-order valence-electron chi connectivity index (χ0n) is 10.7. The molecule has 6 heteroatoms. The monoisotopic (exact) mass is 285 g/mol. The molecular formula is C13H19NO4S. The lowest BCUT2D eigenvalue weighted by molar-refractivity contribution is 0.198. The molecule has 0 atom stereocenters. The van der Waals surface area contributed by atoms with Gasteiger partial charge in [-0.3, -0.25) is 0 Å². The van der Waals surface area contributed by atoms with E-state index < -0.39 is 10.0 Å². The fraction of sp³-hybridized carbons (Fsp3) is 0.538. The van der Waals surface area contributed by atoms with E-state index in [1.165, 1.54) is 16.4 Å². The molecule has 0 unspecified atom stereocenters. The van der Waals surface area contributed by atoms with Crippen LogP contribution >= 0.6 is 0 Å². The van der Waals surface area contributed by atoms with Gasteiger partial charge >= 0.3 is 0 Å². The number of benzene rings is 1. The zero-order valence-corrected chi connectivity index (χ0v) is 11.5. The summed E-state index contributed by atoms with van der Waals surface area (Å²) < 4.78 is 26.6. The van der Waals surface area contributed by atoms with E-state index in [0.717, 1.165) is 19.3 Å². The van der Waals surface area contributed by atoms with Crippen LogP contribution in [0.15, 0.2) is 29.2 Å². The minimum atomic E-state index is -3.69. The lowest BCUT2D eigenvalue weighted by atomic mass is 9.93. The molecule has 1 aromatic carbocycles. The molecule has 1 aromatic rings. The molecule has 2 N–H and O–H groups in total. The average Bonchev–Trinajstić information content (AvgIpc) is 2.32. The molecular weight excluding hydrogens is 266 g/mol. The van der Waals surface area contributed by atoms with Crippen LogP contribution in [0.3, 0.4) is 0 Å². The summed E-state index contributed by atoms with van der Waals surface area (Å²) in [6.45, 7) is 0.247. The standard InChI is InChI=1S/C13H19NO4S/c15-10-4-9-14(11-5-3-6-11)19(17,18)13-8-2-1-7-12(13)16/h1-2,7-8,11,15-16H,3-6,9-10H2. The van der Waals surface area contributed by atoms with Crippen LogP contribution in [0, 0.1) is 0 Å². The maximum absolute atomic E-state index is 12.6. The average molecular weight is 285 g/mol. The van der Waals surface area contributed by atoms with E-state index in [4.69, 9.17) is 5.11 Å². The maximum atomic E-state index is 12.6. The van der Waals surface area contributed by atoms with Crippen molar-refractivity contribution in [3.63, 3.8) is 0 Å². The Morgan fingerprint density at radius 3 is 2.47 bits per heavy atom. The highest BCUT2D eigenvalue weighted by Gasteiger charge is 2.35. The molecule has 0 aliphatic heterocycles. The Kier molecular flexibility index (Phi) is 4.44. The summed E-state index contributed by atoms with van der Waals surface area (Å²) in [6.07, 6.45) is 3.12. The molecule has 0 spiro atoms. The largest absolute Gasteiger partial charge is 0.507 e. The number of sulfonamides is 1. The number of rotatable bonds is 6. The number of aliphatic hydroxyl groups is 1. The van der Waals surface area contributed by atoms with Crippen molar-refractivity contribution in [2.24, 2.45) is 0 Å². The first-order chi connectivity index (χ1) is 9.07. The van der Waals surface area contributed by atoms with Gasteiger partial charge < -0.3 is 10.2 Å². The molecule has 0 bridgehead atoms. The van der Waals surface area contributed by atoms with E-state index >= 15 is 0 Å². The predicted molar refractivity (Wildman–Crippen MR) is 71.3 cm³/mol. The van der Waals surface area contributed by atoms with E-state index in [1.807, 2.05) is 0 Å². The second-order valence-electron chi connectivity index (χ2n) is 4.75. The molecule has 1 aliphatic carbocycles. The van der Waals surface area contributed by atoms with Gasteiger partial charge in [-0.05, 0) is 31.4 Å². The van der Waals surface area contributed by atoms with Crippen molar-refractivity contribution in [3.05, 3.63) is 24.3 Å².